The third kappa shape index (κ3) is 3.51. The van der Waals surface area contributed by atoms with E-state index in [4.69, 9.17) is 23.1 Å². The lowest BCUT2D eigenvalue weighted by Gasteiger charge is -2.31. The summed E-state index contributed by atoms with van der Waals surface area (Å²) in [5.74, 6) is 0.424. The van der Waals surface area contributed by atoms with Crippen molar-refractivity contribution in [1.29, 1.82) is 0 Å². The Labute approximate surface area is 114 Å². The first-order valence-corrected chi connectivity index (χ1v) is 6.80. The predicted molar refractivity (Wildman–Crippen MR) is 77.2 cm³/mol. The van der Waals surface area contributed by atoms with Crippen LogP contribution in [0.4, 0.5) is 0 Å². The molecule has 1 aliphatic heterocycles. The van der Waals surface area contributed by atoms with Crippen molar-refractivity contribution in [1.82, 2.24) is 4.90 Å². The van der Waals surface area contributed by atoms with Crippen LogP contribution in [0.3, 0.4) is 0 Å². The van der Waals surface area contributed by atoms with Crippen LogP contribution in [0.5, 0.6) is 0 Å². The molecule has 0 aliphatic carbocycles. The summed E-state index contributed by atoms with van der Waals surface area (Å²) < 4.78 is 0. The number of hydrogen-bond acceptors (Lipinski definition) is 3. The van der Waals surface area contributed by atoms with Crippen molar-refractivity contribution < 1.29 is 5.11 Å². The summed E-state index contributed by atoms with van der Waals surface area (Å²) in [6.07, 6.45) is 2.15. The largest absolute Gasteiger partial charge is 0.393 e. The molecule has 0 amide bonds. The van der Waals surface area contributed by atoms with Crippen molar-refractivity contribution in [3.63, 3.8) is 0 Å². The van der Waals surface area contributed by atoms with Crippen LogP contribution in [0.2, 0.25) is 0 Å². The minimum atomic E-state index is 0.111. The lowest BCUT2D eigenvalue weighted by molar-refractivity contribution is 0.202. The summed E-state index contributed by atoms with van der Waals surface area (Å²) in [6, 6.07) is 8.14. The molecule has 18 heavy (non-hydrogen) atoms. The third-order valence-electron chi connectivity index (χ3n) is 3.60. The van der Waals surface area contributed by atoms with E-state index in [1.807, 2.05) is 12.1 Å². The molecule has 0 atom stereocenters. The van der Waals surface area contributed by atoms with Crippen LogP contribution < -0.4 is 5.73 Å². The SMILES string of the molecule is NC(=S)C1CCN(Cc2ccc(CO)cc2)CC1. The number of benzene rings is 1. The number of hydrogen-bond donors (Lipinski definition) is 2. The highest BCUT2D eigenvalue weighted by atomic mass is 32.1. The second-order valence-corrected chi connectivity index (χ2v) is 5.40. The summed E-state index contributed by atoms with van der Waals surface area (Å²) in [7, 11) is 0. The highest BCUT2D eigenvalue weighted by Crippen LogP contribution is 2.19. The van der Waals surface area contributed by atoms with Gasteiger partial charge in [0.15, 0.2) is 0 Å². The van der Waals surface area contributed by atoms with Gasteiger partial charge in [-0.3, -0.25) is 4.90 Å². The number of piperidine rings is 1. The van der Waals surface area contributed by atoms with Crippen molar-refractivity contribution in [2.24, 2.45) is 11.7 Å². The quantitative estimate of drug-likeness (QED) is 0.812. The third-order valence-corrected chi connectivity index (χ3v) is 3.94. The highest BCUT2D eigenvalue weighted by Gasteiger charge is 2.20. The molecule has 0 radical (unpaired) electrons. The normalized spacial score (nSPS) is 17.8. The molecule has 4 heteroatoms. The molecule has 0 saturated carbocycles. The maximum atomic E-state index is 9.00. The maximum absolute atomic E-state index is 9.00. The number of nitrogens with two attached hydrogens (primary N) is 1. The van der Waals surface area contributed by atoms with E-state index in [1.165, 1.54) is 5.56 Å². The van der Waals surface area contributed by atoms with E-state index < -0.39 is 0 Å². The molecule has 0 spiro atoms. The van der Waals surface area contributed by atoms with Gasteiger partial charge in [0.25, 0.3) is 0 Å². The van der Waals surface area contributed by atoms with Gasteiger partial charge in [-0.1, -0.05) is 36.5 Å². The molecule has 2 rings (SSSR count). The fraction of sp³-hybridized carbons (Fsp3) is 0.500. The van der Waals surface area contributed by atoms with Crippen molar-refractivity contribution >= 4 is 17.2 Å². The molecule has 3 nitrogen and oxygen atoms in total. The number of likely N-dealkylation sites (tertiary alicyclic amines) is 1. The van der Waals surface area contributed by atoms with Crippen molar-refractivity contribution in [2.45, 2.75) is 26.0 Å². The minimum Gasteiger partial charge on any atom is -0.393 e. The van der Waals surface area contributed by atoms with Crippen molar-refractivity contribution in [3.05, 3.63) is 35.4 Å². The summed E-state index contributed by atoms with van der Waals surface area (Å²) in [5.41, 5.74) is 7.94. The molecule has 0 unspecified atom stereocenters. The summed E-state index contributed by atoms with van der Waals surface area (Å²) in [5, 5.41) is 9.00. The summed E-state index contributed by atoms with van der Waals surface area (Å²) in [6.45, 7) is 3.20. The molecular weight excluding hydrogens is 244 g/mol. The summed E-state index contributed by atoms with van der Waals surface area (Å²) >= 11 is 5.05. The molecular formula is C14H20N2OS. The number of nitrogens with zero attached hydrogens (tertiary/aromatic N) is 1. The van der Waals surface area contributed by atoms with E-state index in [0.717, 1.165) is 38.0 Å². The number of thiocarbonyl (C=S) groups is 1. The molecule has 1 heterocycles. The fourth-order valence-electron chi connectivity index (χ4n) is 2.38. The van der Waals surface area contributed by atoms with Crippen LogP contribution in [0.1, 0.15) is 24.0 Å². The smallest absolute Gasteiger partial charge is 0.0759 e. The Kier molecular flexibility index (Phi) is 4.69. The average molecular weight is 264 g/mol. The second kappa shape index (κ2) is 6.27. The monoisotopic (exact) mass is 264 g/mol. The molecule has 1 fully saturated rings. The topological polar surface area (TPSA) is 49.5 Å². The van der Waals surface area contributed by atoms with E-state index in [2.05, 4.69) is 17.0 Å². The number of aliphatic hydroxyl groups is 1. The molecule has 1 aromatic carbocycles. The first kappa shape index (κ1) is 13.5. The maximum Gasteiger partial charge on any atom is 0.0759 e. The first-order chi connectivity index (χ1) is 8.69. The zero-order valence-electron chi connectivity index (χ0n) is 10.5. The Hall–Kier alpha value is -0.970. The lowest BCUT2D eigenvalue weighted by atomic mass is 9.96. The molecule has 0 bridgehead atoms. The second-order valence-electron chi connectivity index (χ2n) is 4.93. The van der Waals surface area contributed by atoms with Crippen LogP contribution in [0.15, 0.2) is 24.3 Å². The Balaban J connectivity index is 1.85. The Morgan fingerprint density at radius 1 is 1.22 bits per heavy atom. The standard InChI is InChI=1S/C14H20N2OS/c15-14(18)13-5-7-16(8-6-13)9-11-1-3-12(10-17)4-2-11/h1-4,13,17H,5-10H2,(H2,15,18). The molecule has 0 aromatic heterocycles. The molecule has 98 valence electrons. The van der Waals surface area contributed by atoms with Gasteiger partial charge in [0.05, 0.1) is 11.6 Å². The van der Waals surface area contributed by atoms with Crippen LogP contribution in [-0.4, -0.2) is 28.1 Å². The number of aliphatic hydroxyl groups excluding tert-OH is 1. The van der Waals surface area contributed by atoms with Gasteiger partial charge in [-0.25, -0.2) is 0 Å². The van der Waals surface area contributed by atoms with E-state index in [-0.39, 0.29) is 6.61 Å². The van der Waals surface area contributed by atoms with Crippen LogP contribution in [0.25, 0.3) is 0 Å². The van der Waals surface area contributed by atoms with Crippen molar-refractivity contribution in [3.8, 4) is 0 Å². The highest BCUT2D eigenvalue weighted by molar-refractivity contribution is 7.80. The van der Waals surface area contributed by atoms with Gasteiger partial charge in [0, 0.05) is 12.5 Å². The lowest BCUT2D eigenvalue weighted by Crippen LogP contribution is -2.37. The van der Waals surface area contributed by atoms with Crippen LogP contribution in [-0.2, 0) is 13.2 Å². The predicted octanol–water partition coefficient (Wildman–Crippen LogP) is 1.68. The summed E-state index contributed by atoms with van der Waals surface area (Å²) in [4.78, 5) is 3.10. The van der Waals surface area contributed by atoms with E-state index in [0.29, 0.717) is 10.9 Å². The van der Waals surface area contributed by atoms with Gasteiger partial charge in [-0.15, -0.1) is 0 Å². The van der Waals surface area contributed by atoms with E-state index in [1.54, 1.807) is 0 Å². The van der Waals surface area contributed by atoms with Gasteiger partial charge >= 0.3 is 0 Å². The minimum absolute atomic E-state index is 0.111. The van der Waals surface area contributed by atoms with Gasteiger partial charge < -0.3 is 10.8 Å². The van der Waals surface area contributed by atoms with Crippen molar-refractivity contribution in [2.75, 3.05) is 13.1 Å². The molecule has 3 N–H and O–H groups in total. The van der Waals surface area contributed by atoms with Crippen LogP contribution in [0, 0.1) is 5.92 Å². The average Bonchev–Trinajstić information content (AvgIpc) is 2.40. The first-order valence-electron chi connectivity index (χ1n) is 6.39. The van der Waals surface area contributed by atoms with Gasteiger partial charge in [0.2, 0.25) is 0 Å². The van der Waals surface area contributed by atoms with Gasteiger partial charge in [0.1, 0.15) is 0 Å². The zero-order chi connectivity index (χ0) is 13.0. The molecule has 1 saturated heterocycles. The zero-order valence-corrected chi connectivity index (χ0v) is 11.3. The van der Waals surface area contributed by atoms with Gasteiger partial charge in [-0.05, 0) is 37.1 Å². The Bertz CT molecular complexity index is 397. The fourth-order valence-corrected chi connectivity index (χ4v) is 2.62. The number of rotatable bonds is 4. The Morgan fingerprint density at radius 3 is 2.28 bits per heavy atom. The molecule has 1 aromatic rings. The van der Waals surface area contributed by atoms with Gasteiger partial charge in [-0.2, -0.15) is 0 Å². The molecule has 1 aliphatic rings. The van der Waals surface area contributed by atoms with Crippen LogP contribution >= 0.6 is 12.2 Å². The van der Waals surface area contributed by atoms with E-state index >= 15 is 0 Å². The Morgan fingerprint density at radius 2 is 1.78 bits per heavy atom. The van der Waals surface area contributed by atoms with E-state index in [9.17, 15) is 0 Å².